The molecule has 3 nitrogen and oxygen atoms in total. The molecule has 1 aliphatic carbocycles. The van der Waals surface area contributed by atoms with Gasteiger partial charge in [0.25, 0.3) is 0 Å². The predicted molar refractivity (Wildman–Crippen MR) is 105 cm³/mol. The van der Waals surface area contributed by atoms with Gasteiger partial charge < -0.3 is 0 Å². The van der Waals surface area contributed by atoms with Gasteiger partial charge in [0.1, 0.15) is 0 Å². The van der Waals surface area contributed by atoms with Crippen LogP contribution >= 0.6 is 0 Å². The van der Waals surface area contributed by atoms with Crippen LogP contribution in [0.15, 0.2) is 29.2 Å². The number of hydrogen-bond acceptors (Lipinski definition) is 2. The quantitative estimate of drug-likeness (QED) is 0.661. The van der Waals surface area contributed by atoms with Crippen molar-refractivity contribution in [2.45, 2.75) is 84.1 Å². The maximum absolute atomic E-state index is 13.2. The Kier molecular flexibility index (Phi) is 6.72. The maximum atomic E-state index is 13.2. The fourth-order valence-electron chi connectivity index (χ4n) is 4.48. The first-order valence-electron chi connectivity index (χ1n) is 9.80. The summed E-state index contributed by atoms with van der Waals surface area (Å²) in [6, 6.07) is 7.64. The first-order chi connectivity index (χ1) is 11.7. The standard InChI is InChI=1S/C21H35NO2S/c1-6-8-9-18-10-12-20(13-11-18)25(23,24)22(7-2)19-14-17(3)15-21(4,5)16-19/h10-13,17,19H,6-9,14-16H2,1-5H3. The van der Waals surface area contributed by atoms with Crippen molar-refractivity contribution in [1.29, 1.82) is 0 Å². The molecule has 4 heteroatoms. The second kappa shape index (κ2) is 8.22. The van der Waals surface area contributed by atoms with Crippen molar-refractivity contribution in [2.75, 3.05) is 6.54 Å². The molecule has 1 saturated carbocycles. The van der Waals surface area contributed by atoms with E-state index >= 15 is 0 Å². The Labute approximate surface area is 154 Å². The van der Waals surface area contributed by atoms with Gasteiger partial charge in [0.15, 0.2) is 0 Å². The molecule has 0 saturated heterocycles. The summed E-state index contributed by atoms with van der Waals surface area (Å²) in [5, 5.41) is 0. The maximum Gasteiger partial charge on any atom is 0.243 e. The van der Waals surface area contributed by atoms with E-state index in [4.69, 9.17) is 0 Å². The first kappa shape index (κ1) is 20.4. The second-order valence-corrected chi connectivity index (χ2v) is 10.4. The fourth-order valence-corrected chi connectivity index (χ4v) is 6.13. The van der Waals surface area contributed by atoms with E-state index in [1.807, 2.05) is 19.1 Å². The SMILES string of the molecule is CCCCc1ccc(S(=O)(=O)N(CC)C2CC(C)CC(C)(C)C2)cc1. The Bertz CT molecular complexity index is 649. The number of unbranched alkanes of at least 4 members (excludes halogenated alkanes) is 1. The lowest BCUT2D eigenvalue weighted by atomic mass is 9.70. The molecule has 0 amide bonds. The number of hydrogen-bond donors (Lipinski definition) is 0. The van der Waals surface area contributed by atoms with Crippen molar-refractivity contribution in [3.63, 3.8) is 0 Å². The number of benzene rings is 1. The van der Waals surface area contributed by atoms with Gasteiger partial charge in [-0.1, -0.05) is 53.2 Å². The van der Waals surface area contributed by atoms with Crippen LogP contribution in [0.5, 0.6) is 0 Å². The van der Waals surface area contributed by atoms with Crippen LogP contribution in [0.4, 0.5) is 0 Å². The molecule has 2 unspecified atom stereocenters. The average molecular weight is 366 g/mol. The zero-order valence-corrected chi connectivity index (χ0v) is 17.4. The van der Waals surface area contributed by atoms with Crippen LogP contribution in [0.2, 0.25) is 0 Å². The van der Waals surface area contributed by atoms with Crippen LogP contribution in [0, 0.1) is 11.3 Å². The van der Waals surface area contributed by atoms with Crippen LogP contribution in [0.3, 0.4) is 0 Å². The lowest BCUT2D eigenvalue weighted by Gasteiger charge is -2.43. The fraction of sp³-hybridized carbons (Fsp3) is 0.714. The third-order valence-corrected chi connectivity index (χ3v) is 7.47. The molecule has 0 radical (unpaired) electrons. The normalized spacial score (nSPS) is 23.8. The number of aryl methyl sites for hydroxylation is 1. The Morgan fingerprint density at radius 1 is 1.12 bits per heavy atom. The van der Waals surface area contributed by atoms with E-state index in [1.54, 1.807) is 16.4 Å². The van der Waals surface area contributed by atoms with Gasteiger partial charge in [0, 0.05) is 12.6 Å². The van der Waals surface area contributed by atoms with E-state index in [2.05, 4.69) is 27.7 Å². The Morgan fingerprint density at radius 3 is 2.28 bits per heavy atom. The topological polar surface area (TPSA) is 37.4 Å². The molecule has 2 atom stereocenters. The average Bonchev–Trinajstić information content (AvgIpc) is 2.51. The van der Waals surface area contributed by atoms with Gasteiger partial charge in [-0.2, -0.15) is 4.31 Å². The summed E-state index contributed by atoms with van der Waals surface area (Å²) in [6.45, 7) is 11.4. The molecular weight excluding hydrogens is 330 g/mol. The van der Waals surface area contributed by atoms with E-state index in [0.717, 1.165) is 32.1 Å². The van der Waals surface area contributed by atoms with Gasteiger partial charge in [-0.05, 0) is 61.1 Å². The van der Waals surface area contributed by atoms with Crippen molar-refractivity contribution in [3.8, 4) is 0 Å². The summed E-state index contributed by atoms with van der Waals surface area (Å²) in [6.07, 6.45) is 6.39. The van der Waals surface area contributed by atoms with E-state index in [-0.39, 0.29) is 11.5 Å². The van der Waals surface area contributed by atoms with Crippen molar-refractivity contribution >= 4 is 10.0 Å². The van der Waals surface area contributed by atoms with Crippen molar-refractivity contribution < 1.29 is 8.42 Å². The summed E-state index contributed by atoms with van der Waals surface area (Å²) in [4.78, 5) is 0.436. The highest BCUT2D eigenvalue weighted by molar-refractivity contribution is 7.89. The minimum absolute atomic E-state index is 0.105. The van der Waals surface area contributed by atoms with Crippen LogP contribution in [-0.4, -0.2) is 25.3 Å². The molecule has 1 aliphatic rings. The van der Waals surface area contributed by atoms with Crippen LogP contribution in [-0.2, 0) is 16.4 Å². The van der Waals surface area contributed by atoms with Crippen LogP contribution < -0.4 is 0 Å². The van der Waals surface area contributed by atoms with Crippen LogP contribution in [0.25, 0.3) is 0 Å². The summed E-state index contributed by atoms with van der Waals surface area (Å²) >= 11 is 0. The van der Waals surface area contributed by atoms with Crippen molar-refractivity contribution in [1.82, 2.24) is 4.31 Å². The van der Waals surface area contributed by atoms with Gasteiger partial charge in [-0.15, -0.1) is 0 Å². The highest BCUT2D eigenvalue weighted by Gasteiger charge is 2.39. The highest BCUT2D eigenvalue weighted by atomic mass is 32.2. The molecule has 1 fully saturated rings. The van der Waals surface area contributed by atoms with E-state index in [1.165, 1.54) is 12.0 Å². The van der Waals surface area contributed by atoms with Crippen LogP contribution in [0.1, 0.15) is 72.3 Å². The summed E-state index contributed by atoms with van der Waals surface area (Å²) in [5.74, 6) is 0.564. The monoisotopic (exact) mass is 365 g/mol. The van der Waals surface area contributed by atoms with E-state index in [0.29, 0.717) is 17.4 Å². The summed E-state index contributed by atoms with van der Waals surface area (Å²) < 4.78 is 28.2. The summed E-state index contributed by atoms with van der Waals surface area (Å²) in [7, 11) is -3.43. The molecule has 0 N–H and O–H groups in total. The van der Waals surface area contributed by atoms with Gasteiger partial charge in [-0.3, -0.25) is 0 Å². The molecule has 25 heavy (non-hydrogen) atoms. The predicted octanol–water partition coefficient (Wildman–Crippen LogP) is 5.25. The third kappa shape index (κ3) is 5.07. The van der Waals surface area contributed by atoms with E-state index in [9.17, 15) is 8.42 Å². The highest BCUT2D eigenvalue weighted by Crippen LogP contribution is 2.41. The number of rotatable bonds is 7. The number of sulfonamides is 1. The Morgan fingerprint density at radius 2 is 1.76 bits per heavy atom. The van der Waals surface area contributed by atoms with Gasteiger partial charge in [0.05, 0.1) is 4.90 Å². The first-order valence-corrected chi connectivity index (χ1v) is 11.2. The second-order valence-electron chi connectivity index (χ2n) is 8.52. The molecule has 1 aromatic rings. The molecular formula is C21H35NO2S. The minimum atomic E-state index is -3.43. The van der Waals surface area contributed by atoms with Gasteiger partial charge in [-0.25, -0.2) is 8.42 Å². The molecule has 0 aliphatic heterocycles. The zero-order valence-electron chi connectivity index (χ0n) is 16.6. The lowest BCUT2D eigenvalue weighted by molar-refractivity contribution is 0.114. The number of nitrogens with zero attached hydrogens (tertiary/aromatic N) is 1. The van der Waals surface area contributed by atoms with E-state index < -0.39 is 10.0 Å². The van der Waals surface area contributed by atoms with Crippen molar-refractivity contribution in [3.05, 3.63) is 29.8 Å². The molecule has 0 bridgehead atoms. The Hall–Kier alpha value is -0.870. The van der Waals surface area contributed by atoms with Gasteiger partial charge >= 0.3 is 0 Å². The molecule has 2 rings (SSSR count). The third-order valence-electron chi connectivity index (χ3n) is 5.43. The minimum Gasteiger partial charge on any atom is -0.207 e. The summed E-state index contributed by atoms with van der Waals surface area (Å²) in [5.41, 5.74) is 1.42. The molecule has 142 valence electrons. The largest absolute Gasteiger partial charge is 0.243 e. The molecule has 0 aromatic heterocycles. The molecule has 0 spiro atoms. The Balaban J connectivity index is 2.23. The smallest absolute Gasteiger partial charge is 0.207 e. The van der Waals surface area contributed by atoms with Crippen molar-refractivity contribution in [2.24, 2.45) is 11.3 Å². The lowest BCUT2D eigenvalue weighted by Crippen LogP contribution is -2.46. The zero-order chi connectivity index (χ0) is 18.7. The van der Waals surface area contributed by atoms with Gasteiger partial charge in [0.2, 0.25) is 10.0 Å². The molecule has 0 heterocycles. The molecule has 1 aromatic carbocycles.